The predicted molar refractivity (Wildman–Crippen MR) is 69.9 cm³/mol. The standard InChI is InChI=1S/C11H12N4O2S/c1-8-6-9(15(16)17)7-14-11(8)13-3-2-10-12-4-5-18-10/h4-7H,2-3H2,1H3,(H,13,14). The quantitative estimate of drug-likeness (QED) is 0.662. The van der Waals surface area contributed by atoms with E-state index in [4.69, 9.17) is 0 Å². The Labute approximate surface area is 108 Å². The molecule has 0 saturated heterocycles. The maximum atomic E-state index is 10.6. The minimum absolute atomic E-state index is 0.0120. The summed E-state index contributed by atoms with van der Waals surface area (Å²) < 4.78 is 0. The fourth-order valence-electron chi connectivity index (χ4n) is 1.51. The summed E-state index contributed by atoms with van der Waals surface area (Å²) in [5.74, 6) is 0.678. The van der Waals surface area contributed by atoms with E-state index in [0.29, 0.717) is 12.4 Å². The van der Waals surface area contributed by atoms with E-state index in [9.17, 15) is 10.1 Å². The lowest BCUT2D eigenvalue weighted by atomic mass is 10.2. The average molecular weight is 264 g/mol. The fraction of sp³-hybridized carbons (Fsp3) is 0.273. The lowest BCUT2D eigenvalue weighted by molar-refractivity contribution is -0.385. The number of thiazole rings is 1. The van der Waals surface area contributed by atoms with Crippen LogP contribution in [0.4, 0.5) is 11.5 Å². The van der Waals surface area contributed by atoms with Gasteiger partial charge < -0.3 is 5.32 Å². The summed E-state index contributed by atoms with van der Waals surface area (Å²) in [7, 11) is 0. The van der Waals surface area contributed by atoms with Gasteiger partial charge in [0.05, 0.1) is 9.93 Å². The van der Waals surface area contributed by atoms with Crippen molar-refractivity contribution in [1.82, 2.24) is 9.97 Å². The van der Waals surface area contributed by atoms with Crippen LogP contribution in [-0.2, 0) is 6.42 Å². The van der Waals surface area contributed by atoms with Gasteiger partial charge in [0.15, 0.2) is 0 Å². The molecule has 94 valence electrons. The number of rotatable bonds is 5. The molecule has 0 spiro atoms. The van der Waals surface area contributed by atoms with Gasteiger partial charge in [-0.2, -0.15) is 0 Å². The SMILES string of the molecule is Cc1cc([N+](=O)[O-])cnc1NCCc1nccs1. The molecule has 0 saturated carbocycles. The number of aromatic nitrogens is 2. The molecule has 1 N–H and O–H groups in total. The molecular formula is C11H12N4O2S. The third-order valence-electron chi connectivity index (χ3n) is 2.39. The minimum Gasteiger partial charge on any atom is -0.369 e. The van der Waals surface area contributed by atoms with Crippen molar-refractivity contribution in [3.63, 3.8) is 0 Å². The van der Waals surface area contributed by atoms with Gasteiger partial charge in [-0.05, 0) is 12.5 Å². The summed E-state index contributed by atoms with van der Waals surface area (Å²) >= 11 is 1.61. The molecule has 7 heteroatoms. The van der Waals surface area contributed by atoms with E-state index in [1.165, 1.54) is 12.3 Å². The Balaban J connectivity index is 1.95. The van der Waals surface area contributed by atoms with Crippen molar-refractivity contribution in [3.8, 4) is 0 Å². The first-order valence-corrected chi connectivity index (χ1v) is 6.28. The minimum atomic E-state index is -0.445. The Morgan fingerprint density at radius 3 is 2.94 bits per heavy atom. The van der Waals surface area contributed by atoms with Crippen molar-refractivity contribution in [1.29, 1.82) is 0 Å². The molecule has 2 aromatic heterocycles. The van der Waals surface area contributed by atoms with E-state index in [0.717, 1.165) is 17.0 Å². The molecule has 0 atom stereocenters. The second kappa shape index (κ2) is 5.54. The van der Waals surface area contributed by atoms with Crippen LogP contribution < -0.4 is 5.32 Å². The van der Waals surface area contributed by atoms with Gasteiger partial charge in [-0.3, -0.25) is 10.1 Å². The van der Waals surface area contributed by atoms with Gasteiger partial charge in [0.2, 0.25) is 0 Å². The molecule has 0 amide bonds. The molecule has 0 aliphatic carbocycles. The second-order valence-corrected chi connectivity index (χ2v) is 4.70. The van der Waals surface area contributed by atoms with Crippen molar-refractivity contribution >= 4 is 22.8 Å². The van der Waals surface area contributed by atoms with Crippen LogP contribution in [0.5, 0.6) is 0 Å². The molecule has 0 aromatic carbocycles. The van der Waals surface area contributed by atoms with E-state index in [1.807, 2.05) is 5.38 Å². The molecule has 0 bridgehead atoms. The van der Waals surface area contributed by atoms with E-state index < -0.39 is 4.92 Å². The molecular weight excluding hydrogens is 252 g/mol. The Kier molecular flexibility index (Phi) is 3.83. The maximum Gasteiger partial charge on any atom is 0.287 e. The first-order valence-electron chi connectivity index (χ1n) is 5.40. The van der Waals surface area contributed by atoms with Crippen LogP contribution in [0.1, 0.15) is 10.6 Å². The number of nitrogens with zero attached hydrogens (tertiary/aromatic N) is 3. The number of aryl methyl sites for hydroxylation is 1. The highest BCUT2D eigenvalue weighted by atomic mass is 32.1. The number of anilines is 1. The van der Waals surface area contributed by atoms with Crippen molar-refractivity contribution in [2.24, 2.45) is 0 Å². The zero-order chi connectivity index (χ0) is 13.0. The van der Waals surface area contributed by atoms with Crippen LogP contribution in [0, 0.1) is 17.0 Å². The molecule has 2 aromatic rings. The van der Waals surface area contributed by atoms with Crippen LogP contribution in [0.15, 0.2) is 23.8 Å². The average Bonchev–Trinajstić information content (AvgIpc) is 2.84. The van der Waals surface area contributed by atoms with Crippen molar-refractivity contribution in [3.05, 3.63) is 44.5 Å². The van der Waals surface area contributed by atoms with Crippen LogP contribution in [0.25, 0.3) is 0 Å². The number of pyridine rings is 1. The first kappa shape index (κ1) is 12.4. The van der Waals surface area contributed by atoms with Crippen molar-refractivity contribution in [2.45, 2.75) is 13.3 Å². The normalized spacial score (nSPS) is 10.3. The fourth-order valence-corrected chi connectivity index (χ4v) is 2.13. The molecule has 6 nitrogen and oxygen atoms in total. The van der Waals surface area contributed by atoms with Gasteiger partial charge in [0, 0.05) is 30.6 Å². The van der Waals surface area contributed by atoms with Gasteiger partial charge in [0.25, 0.3) is 5.69 Å². The lowest BCUT2D eigenvalue weighted by Gasteiger charge is -2.06. The third-order valence-corrected chi connectivity index (χ3v) is 3.23. The van der Waals surface area contributed by atoms with Crippen LogP contribution in [0.2, 0.25) is 0 Å². The summed E-state index contributed by atoms with van der Waals surface area (Å²) in [6.45, 7) is 2.50. The number of hydrogen-bond donors (Lipinski definition) is 1. The highest BCUT2D eigenvalue weighted by Crippen LogP contribution is 2.17. The summed E-state index contributed by atoms with van der Waals surface area (Å²) in [4.78, 5) is 18.4. The maximum absolute atomic E-state index is 10.6. The highest BCUT2D eigenvalue weighted by molar-refractivity contribution is 7.09. The van der Waals surface area contributed by atoms with Crippen LogP contribution >= 0.6 is 11.3 Å². The van der Waals surface area contributed by atoms with Gasteiger partial charge in [0.1, 0.15) is 12.0 Å². The lowest BCUT2D eigenvalue weighted by Crippen LogP contribution is -2.07. The zero-order valence-electron chi connectivity index (χ0n) is 9.79. The number of hydrogen-bond acceptors (Lipinski definition) is 6. The largest absolute Gasteiger partial charge is 0.369 e. The Morgan fingerprint density at radius 2 is 2.33 bits per heavy atom. The smallest absolute Gasteiger partial charge is 0.287 e. The molecule has 0 unspecified atom stereocenters. The molecule has 0 fully saturated rings. The molecule has 2 rings (SSSR count). The first-order chi connectivity index (χ1) is 8.66. The van der Waals surface area contributed by atoms with Gasteiger partial charge in [-0.1, -0.05) is 0 Å². The number of nitro groups is 1. The molecule has 2 heterocycles. The van der Waals surface area contributed by atoms with Gasteiger partial charge >= 0.3 is 0 Å². The van der Waals surface area contributed by atoms with E-state index in [1.54, 1.807) is 24.5 Å². The summed E-state index contributed by atoms with van der Waals surface area (Å²) in [6.07, 6.45) is 3.85. The highest BCUT2D eigenvalue weighted by Gasteiger charge is 2.09. The molecule has 0 aliphatic heterocycles. The monoisotopic (exact) mass is 264 g/mol. The third kappa shape index (κ3) is 3.01. The molecule has 18 heavy (non-hydrogen) atoms. The summed E-state index contributed by atoms with van der Waals surface area (Å²) in [5, 5.41) is 16.7. The second-order valence-electron chi connectivity index (χ2n) is 3.72. The van der Waals surface area contributed by atoms with E-state index in [2.05, 4.69) is 15.3 Å². The Bertz CT molecular complexity index is 542. The number of nitrogens with one attached hydrogen (secondary N) is 1. The topological polar surface area (TPSA) is 81.0 Å². The summed E-state index contributed by atoms with van der Waals surface area (Å²) in [5.41, 5.74) is 0.779. The van der Waals surface area contributed by atoms with Crippen LogP contribution in [0.3, 0.4) is 0 Å². The predicted octanol–water partition coefficient (Wildman–Crippen LogP) is 2.41. The summed E-state index contributed by atoms with van der Waals surface area (Å²) in [6, 6.07) is 1.51. The van der Waals surface area contributed by atoms with E-state index in [-0.39, 0.29) is 5.69 Å². The zero-order valence-corrected chi connectivity index (χ0v) is 10.6. The van der Waals surface area contributed by atoms with Gasteiger partial charge in [-0.25, -0.2) is 9.97 Å². The Hall–Kier alpha value is -2.02. The van der Waals surface area contributed by atoms with Crippen molar-refractivity contribution < 1.29 is 4.92 Å². The van der Waals surface area contributed by atoms with E-state index >= 15 is 0 Å². The van der Waals surface area contributed by atoms with Crippen molar-refractivity contribution in [2.75, 3.05) is 11.9 Å². The molecule has 0 aliphatic rings. The van der Waals surface area contributed by atoms with Crippen LogP contribution in [-0.4, -0.2) is 21.4 Å². The Morgan fingerprint density at radius 1 is 1.50 bits per heavy atom. The molecule has 0 radical (unpaired) electrons. The van der Waals surface area contributed by atoms with Gasteiger partial charge in [-0.15, -0.1) is 11.3 Å².